The van der Waals surface area contributed by atoms with E-state index in [0.29, 0.717) is 31.7 Å². The van der Waals surface area contributed by atoms with Gasteiger partial charge in [0.05, 0.1) is 0 Å². The van der Waals surface area contributed by atoms with Gasteiger partial charge >= 0.3 is 0 Å². The Morgan fingerprint density at radius 2 is 1.42 bits per heavy atom. The Balaban J connectivity index is 1.26. The minimum absolute atomic E-state index is 0.00800. The molecule has 5 nitrogen and oxygen atoms in total. The van der Waals surface area contributed by atoms with Gasteiger partial charge in [-0.05, 0) is 23.3 Å². The topological polar surface area (TPSA) is 60.9 Å². The third kappa shape index (κ3) is 5.12. The van der Waals surface area contributed by atoms with Gasteiger partial charge < -0.3 is 14.9 Å². The maximum Gasteiger partial charge on any atom is 0.223 e. The van der Waals surface area contributed by atoms with Crippen LogP contribution in [0.25, 0.3) is 11.1 Å². The fourth-order valence-corrected chi connectivity index (χ4v) is 3.91. The van der Waals surface area contributed by atoms with Gasteiger partial charge in [-0.1, -0.05) is 60.7 Å². The van der Waals surface area contributed by atoms with E-state index in [1.54, 1.807) is 12.1 Å². The second-order valence-corrected chi connectivity index (χ2v) is 7.75. The van der Waals surface area contributed by atoms with Crippen molar-refractivity contribution in [2.24, 2.45) is 0 Å². The third-order valence-corrected chi connectivity index (χ3v) is 5.71. The van der Waals surface area contributed by atoms with Crippen molar-refractivity contribution in [2.75, 3.05) is 31.1 Å². The average Bonchev–Trinajstić information content (AvgIpc) is 2.83. The number of carbonyl (C=O) groups excluding carboxylic acids is 2. The number of anilines is 1. The molecule has 0 unspecified atom stereocenters. The van der Waals surface area contributed by atoms with E-state index >= 15 is 0 Å². The van der Waals surface area contributed by atoms with E-state index in [2.05, 4.69) is 4.90 Å². The van der Waals surface area contributed by atoms with Crippen molar-refractivity contribution in [3.8, 4) is 16.9 Å². The number of amides is 1. The summed E-state index contributed by atoms with van der Waals surface area (Å²) in [6.45, 7) is 2.66. The summed E-state index contributed by atoms with van der Waals surface area (Å²) in [5.74, 6) is 0.252. The summed E-state index contributed by atoms with van der Waals surface area (Å²) in [6, 6.07) is 24.8. The Kier molecular flexibility index (Phi) is 6.32. The third-order valence-electron chi connectivity index (χ3n) is 5.71. The van der Waals surface area contributed by atoms with E-state index in [9.17, 15) is 14.7 Å². The predicted molar refractivity (Wildman–Crippen MR) is 122 cm³/mol. The highest BCUT2D eigenvalue weighted by atomic mass is 16.3. The van der Waals surface area contributed by atoms with Crippen molar-refractivity contribution in [1.82, 2.24) is 4.90 Å². The molecule has 0 aliphatic carbocycles. The Labute approximate surface area is 182 Å². The van der Waals surface area contributed by atoms with Crippen LogP contribution in [0.5, 0.6) is 5.75 Å². The van der Waals surface area contributed by atoms with E-state index in [0.717, 1.165) is 16.8 Å². The van der Waals surface area contributed by atoms with Gasteiger partial charge in [-0.2, -0.15) is 0 Å². The molecular weight excluding hydrogens is 388 g/mol. The molecule has 158 valence electrons. The number of phenols is 1. The normalized spacial score (nSPS) is 13.8. The molecule has 3 aromatic carbocycles. The summed E-state index contributed by atoms with van der Waals surface area (Å²) in [5.41, 5.74) is 3.78. The number of carbonyl (C=O) groups is 2. The number of rotatable bonds is 6. The molecule has 31 heavy (non-hydrogen) atoms. The van der Waals surface area contributed by atoms with Crippen molar-refractivity contribution in [1.29, 1.82) is 0 Å². The number of phenolic OH excluding ortho intramolecular Hbond substituents is 1. The van der Waals surface area contributed by atoms with Crippen LogP contribution in [0.15, 0.2) is 78.9 Å². The van der Waals surface area contributed by atoms with Crippen molar-refractivity contribution < 1.29 is 14.7 Å². The summed E-state index contributed by atoms with van der Waals surface area (Å²) in [5, 5.41) is 9.65. The van der Waals surface area contributed by atoms with Crippen LogP contribution in [0.2, 0.25) is 0 Å². The smallest absolute Gasteiger partial charge is 0.223 e. The van der Waals surface area contributed by atoms with E-state index in [1.165, 1.54) is 0 Å². The lowest BCUT2D eigenvalue weighted by molar-refractivity contribution is -0.131. The number of ketones is 1. The molecule has 1 N–H and O–H groups in total. The summed E-state index contributed by atoms with van der Waals surface area (Å²) in [6.07, 6.45) is 0.446. The number of Topliss-reactive ketones (excluding diaryl/α,β-unsaturated/α-hetero) is 1. The van der Waals surface area contributed by atoms with Crippen molar-refractivity contribution in [2.45, 2.75) is 12.8 Å². The molecule has 1 aliphatic heterocycles. The van der Waals surface area contributed by atoms with Crippen molar-refractivity contribution in [3.63, 3.8) is 0 Å². The number of benzene rings is 3. The van der Waals surface area contributed by atoms with E-state index in [1.807, 2.05) is 71.6 Å². The number of hydrogen-bond acceptors (Lipinski definition) is 4. The lowest BCUT2D eigenvalue weighted by atomic mass is 10.0. The van der Waals surface area contributed by atoms with Crippen LogP contribution in [-0.2, 0) is 4.79 Å². The van der Waals surface area contributed by atoms with Crippen molar-refractivity contribution >= 4 is 17.4 Å². The molecule has 1 fully saturated rings. The zero-order valence-corrected chi connectivity index (χ0v) is 17.4. The maximum absolute atomic E-state index is 12.6. The van der Waals surface area contributed by atoms with Gasteiger partial charge in [0.25, 0.3) is 0 Å². The first-order valence-corrected chi connectivity index (χ1v) is 10.6. The quantitative estimate of drug-likeness (QED) is 0.609. The molecule has 0 saturated carbocycles. The molecule has 4 rings (SSSR count). The predicted octanol–water partition coefficient (Wildman–Crippen LogP) is 4.37. The Morgan fingerprint density at radius 3 is 2.10 bits per heavy atom. The lowest BCUT2D eigenvalue weighted by Gasteiger charge is -2.36. The Morgan fingerprint density at radius 1 is 0.742 bits per heavy atom. The summed E-state index contributed by atoms with van der Waals surface area (Å²) >= 11 is 0. The van der Waals surface area contributed by atoms with Gasteiger partial charge in [0.1, 0.15) is 5.75 Å². The highest BCUT2D eigenvalue weighted by molar-refractivity contribution is 5.98. The monoisotopic (exact) mass is 414 g/mol. The maximum atomic E-state index is 12.6. The van der Waals surface area contributed by atoms with Crippen LogP contribution in [0.1, 0.15) is 23.2 Å². The summed E-state index contributed by atoms with van der Waals surface area (Å²) in [4.78, 5) is 29.1. The summed E-state index contributed by atoms with van der Waals surface area (Å²) < 4.78 is 0. The van der Waals surface area contributed by atoms with Crippen LogP contribution < -0.4 is 4.90 Å². The van der Waals surface area contributed by atoms with Crippen LogP contribution in [-0.4, -0.2) is 47.9 Å². The first kappa shape index (κ1) is 20.7. The molecule has 1 aliphatic rings. The van der Waals surface area contributed by atoms with Gasteiger partial charge in [-0.3, -0.25) is 9.59 Å². The standard InChI is InChI=1S/C26H26N2O3/c29-24-8-4-7-23(19-24)27-15-17-28(18-16-27)26(31)14-13-25(30)22-11-9-21(10-12-22)20-5-2-1-3-6-20/h1-12,19,29H,13-18H2. The van der Waals surface area contributed by atoms with E-state index in [-0.39, 0.29) is 30.3 Å². The van der Waals surface area contributed by atoms with Crippen LogP contribution >= 0.6 is 0 Å². The number of hydrogen-bond donors (Lipinski definition) is 1. The molecule has 0 spiro atoms. The largest absolute Gasteiger partial charge is 0.508 e. The van der Waals surface area contributed by atoms with Gasteiger partial charge in [0, 0.05) is 56.3 Å². The zero-order chi connectivity index (χ0) is 21.6. The lowest BCUT2D eigenvalue weighted by Crippen LogP contribution is -2.48. The molecule has 5 heteroatoms. The Hall–Kier alpha value is -3.60. The molecular formula is C26H26N2O3. The minimum Gasteiger partial charge on any atom is -0.508 e. The number of piperazine rings is 1. The molecule has 3 aromatic rings. The number of aromatic hydroxyl groups is 1. The second kappa shape index (κ2) is 9.47. The minimum atomic E-state index is -0.00800. The van der Waals surface area contributed by atoms with Gasteiger partial charge in [-0.15, -0.1) is 0 Å². The first-order valence-electron chi connectivity index (χ1n) is 10.6. The van der Waals surface area contributed by atoms with Gasteiger partial charge in [-0.25, -0.2) is 0 Å². The molecule has 1 heterocycles. The highest BCUT2D eigenvalue weighted by Gasteiger charge is 2.22. The molecule has 1 amide bonds. The van der Waals surface area contributed by atoms with E-state index in [4.69, 9.17) is 0 Å². The second-order valence-electron chi connectivity index (χ2n) is 7.75. The molecule has 0 atom stereocenters. The molecule has 0 radical (unpaired) electrons. The van der Waals surface area contributed by atoms with Gasteiger partial charge in [0.2, 0.25) is 5.91 Å². The fraction of sp³-hybridized carbons (Fsp3) is 0.231. The van der Waals surface area contributed by atoms with Crippen LogP contribution in [0, 0.1) is 0 Å². The SMILES string of the molecule is O=C(CCC(=O)N1CCN(c2cccc(O)c2)CC1)c1ccc(-c2ccccc2)cc1. The van der Waals surface area contributed by atoms with E-state index < -0.39 is 0 Å². The van der Waals surface area contributed by atoms with Crippen LogP contribution in [0.4, 0.5) is 5.69 Å². The average molecular weight is 415 g/mol. The fourth-order valence-electron chi connectivity index (χ4n) is 3.91. The summed E-state index contributed by atoms with van der Waals surface area (Å²) in [7, 11) is 0. The number of nitrogens with zero attached hydrogens (tertiary/aromatic N) is 2. The van der Waals surface area contributed by atoms with Gasteiger partial charge in [0.15, 0.2) is 5.78 Å². The zero-order valence-electron chi connectivity index (χ0n) is 17.4. The highest BCUT2D eigenvalue weighted by Crippen LogP contribution is 2.22. The Bertz CT molecular complexity index is 1040. The molecule has 1 saturated heterocycles. The first-order chi connectivity index (χ1) is 15.1. The van der Waals surface area contributed by atoms with Crippen molar-refractivity contribution in [3.05, 3.63) is 84.4 Å². The van der Waals surface area contributed by atoms with Crippen LogP contribution in [0.3, 0.4) is 0 Å². The molecule has 0 bridgehead atoms. The molecule has 0 aromatic heterocycles.